The van der Waals surface area contributed by atoms with Gasteiger partial charge in [-0.15, -0.1) is 0 Å². The van der Waals surface area contributed by atoms with Gasteiger partial charge in [-0.2, -0.15) is 0 Å². The van der Waals surface area contributed by atoms with Crippen LogP contribution in [-0.4, -0.2) is 30.1 Å². The third-order valence-electron chi connectivity index (χ3n) is 3.75. The number of aliphatic hydroxyl groups is 1. The molecule has 1 saturated heterocycles. The van der Waals surface area contributed by atoms with E-state index in [0.29, 0.717) is 12.0 Å². The molecule has 0 bridgehead atoms. The molecule has 17 heavy (non-hydrogen) atoms. The van der Waals surface area contributed by atoms with E-state index in [0.717, 1.165) is 24.2 Å². The molecular weight excluding hydrogens is 214 g/mol. The molecule has 0 radical (unpaired) electrons. The predicted molar refractivity (Wildman–Crippen MR) is 68.4 cm³/mol. The molecule has 2 rings (SSSR count). The number of nitrogens with zero attached hydrogens (tertiary/aromatic N) is 1. The van der Waals surface area contributed by atoms with Gasteiger partial charge in [-0.3, -0.25) is 4.79 Å². The number of aliphatic hydroxyl groups excluding tert-OH is 1. The number of rotatable bonds is 3. The van der Waals surface area contributed by atoms with E-state index in [1.54, 1.807) is 6.92 Å². The van der Waals surface area contributed by atoms with Crippen LogP contribution in [0, 0.1) is 5.92 Å². The Hall–Kier alpha value is -1.35. The molecule has 0 aliphatic carbocycles. The summed E-state index contributed by atoms with van der Waals surface area (Å²) in [6, 6.07) is 8.09. The minimum atomic E-state index is 0.0965. The summed E-state index contributed by atoms with van der Waals surface area (Å²) in [4.78, 5) is 13.5. The van der Waals surface area contributed by atoms with Crippen molar-refractivity contribution in [2.45, 2.75) is 26.3 Å². The van der Waals surface area contributed by atoms with Crippen molar-refractivity contribution in [2.75, 3.05) is 18.1 Å². The van der Waals surface area contributed by atoms with Crippen molar-refractivity contribution in [2.24, 2.45) is 5.92 Å². The monoisotopic (exact) mass is 233 g/mol. The lowest BCUT2D eigenvalue weighted by Gasteiger charge is -2.26. The fourth-order valence-electron chi connectivity index (χ4n) is 2.50. The number of benzene rings is 1. The molecule has 1 aliphatic rings. The maximum absolute atomic E-state index is 11.2. The minimum absolute atomic E-state index is 0.0965. The Morgan fingerprint density at radius 1 is 1.41 bits per heavy atom. The van der Waals surface area contributed by atoms with E-state index in [1.165, 1.54) is 0 Å². The van der Waals surface area contributed by atoms with Gasteiger partial charge in [0.15, 0.2) is 5.78 Å². The summed E-state index contributed by atoms with van der Waals surface area (Å²) in [7, 11) is 0. The average Bonchev–Trinajstić information content (AvgIpc) is 2.70. The van der Waals surface area contributed by atoms with Crippen LogP contribution in [0.25, 0.3) is 0 Å². The van der Waals surface area contributed by atoms with Crippen LogP contribution in [0.4, 0.5) is 5.69 Å². The summed E-state index contributed by atoms with van der Waals surface area (Å²) in [6.07, 6.45) is 1.03. The van der Waals surface area contributed by atoms with Crippen molar-refractivity contribution in [1.82, 2.24) is 0 Å². The predicted octanol–water partition coefficient (Wildman–Crippen LogP) is 2.10. The lowest BCUT2D eigenvalue weighted by Crippen LogP contribution is -2.30. The molecule has 0 spiro atoms. The first-order valence-electron chi connectivity index (χ1n) is 6.12. The highest BCUT2D eigenvalue weighted by atomic mass is 16.3. The fraction of sp³-hybridized carbons (Fsp3) is 0.500. The van der Waals surface area contributed by atoms with Crippen LogP contribution in [0.3, 0.4) is 0 Å². The van der Waals surface area contributed by atoms with Crippen LogP contribution in [0.1, 0.15) is 30.6 Å². The first kappa shape index (κ1) is 12.1. The van der Waals surface area contributed by atoms with E-state index in [-0.39, 0.29) is 12.4 Å². The van der Waals surface area contributed by atoms with E-state index in [1.807, 2.05) is 24.3 Å². The van der Waals surface area contributed by atoms with E-state index >= 15 is 0 Å². The minimum Gasteiger partial charge on any atom is -0.396 e. The molecule has 1 N–H and O–H groups in total. The zero-order valence-corrected chi connectivity index (χ0v) is 10.4. The quantitative estimate of drug-likeness (QED) is 0.813. The maximum atomic E-state index is 11.2. The topological polar surface area (TPSA) is 40.5 Å². The number of Topliss-reactive ketones (excluding diaryl/α,β-unsaturated/α-hetero) is 1. The third kappa shape index (κ3) is 2.34. The van der Waals surface area contributed by atoms with Crippen molar-refractivity contribution in [3.8, 4) is 0 Å². The zero-order valence-electron chi connectivity index (χ0n) is 10.4. The summed E-state index contributed by atoms with van der Waals surface area (Å²) in [5.41, 5.74) is 1.89. The van der Waals surface area contributed by atoms with Crippen LogP contribution < -0.4 is 4.90 Å². The number of hydrogen-bond acceptors (Lipinski definition) is 3. The molecular formula is C14H19NO2. The number of hydrogen-bond donors (Lipinski definition) is 1. The number of anilines is 1. The van der Waals surface area contributed by atoms with Gasteiger partial charge in [-0.1, -0.05) is 0 Å². The highest BCUT2D eigenvalue weighted by molar-refractivity contribution is 5.94. The van der Waals surface area contributed by atoms with Gasteiger partial charge in [-0.05, 0) is 44.5 Å². The van der Waals surface area contributed by atoms with Gasteiger partial charge in [0.25, 0.3) is 0 Å². The van der Waals surface area contributed by atoms with E-state index < -0.39 is 0 Å². The Bertz CT molecular complexity index is 399. The highest BCUT2D eigenvalue weighted by Gasteiger charge is 2.29. The summed E-state index contributed by atoms with van der Waals surface area (Å²) in [5.74, 6) is 0.460. The first-order chi connectivity index (χ1) is 8.13. The second-order valence-electron chi connectivity index (χ2n) is 4.77. The second kappa shape index (κ2) is 4.88. The molecule has 0 aromatic heterocycles. The molecule has 0 amide bonds. The molecule has 2 unspecified atom stereocenters. The van der Waals surface area contributed by atoms with Gasteiger partial charge >= 0.3 is 0 Å². The van der Waals surface area contributed by atoms with E-state index in [4.69, 9.17) is 0 Å². The van der Waals surface area contributed by atoms with E-state index in [2.05, 4.69) is 11.8 Å². The Balaban J connectivity index is 2.15. The van der Waals surface area contributed by atoms with Crippen molar-refractivity contribution in [3.05, 3.63) is 29.8 Å². The molecule has 3 nitrogen and oxygen atoms in total. The molecule has 92 valence electrons. The molecule has 0 saturated carbocycles. The van der Waals surface area contributed by atoms with Crippen molar-refractivity contribution in [3.63, 3.8) is 0 Å². The molecule has 1 heterocycles. The number of carbonyl (C=O) groups excluding carboxylic acids is 1. The van der Waals surface area contributed by atoms with Crippen LogP contribution in [0.2, 0.25) is 0 Å². The van der Waals surface area contributed by atoms with Gasteiger partial charge < -0.3 is 10.0 Å². The Labute approximate surface area is 102 Å². The van der Waals surface area contributed by atoms with Gasteiger partial charge in [0.1, 0.15) is 0 Å². The normalized spacial score (nSPS) is 24.1. The lowest BCUT2D eigenvalue weighted by atomic mass is 10.0. The van der Waals surface area contributed by atoms with Crippen molar-refractivity contribution in [1.29, 1.82) is 0 Å². The Morgan fingerprint density at radius 3 is 2.53 bits per heavy atom. The van der Waals surface area contributed by atoms with Gasteiger partial charge in [0, 0.05) is 36.4 Å². The van der Waals surface area contributed by atoms with Crippen LogP contribution in [0.15, 0.2) is 24.3 Å². The molecule has 1 aromatic carbocycles. The van der Waals surface area contributed by atoms with Crippen LogP contribution in [-0.2, 0) is 0 Å². The Morgan fingerprint density at radius 2 is 2.06 bits per heavy atom. The number of carbonyl (C=O) groups is 1. The summed E-state index contributed by atoms with van der Waals surface area (Å²) in [5, 5.41) is 9.25. The van der Waals surface area contributed by atoms with Crippen molar-refractivity contribution >= 4 is 11.5 Å². The smallest absolute Gasteiger partial charge is 0.159 e. The van der Waals surface area contributed by atoms with Gasteiger partial charge in [0.05, 0.1) is 0 Å². The fourth-order valence-corrected chi connectivity index (χ4v) is 2.50. The zero-order chi connectivity index (χ0) is 12.4. The Kier molecular flexibility index (Phi) is 3.48. The highest BCUT2D eigenvalue weighted by Crippen LogP contribution is 2.29. The van der Waals surface area contributed by atoms with Crippen LogP contribution >= 0.6 is 0 Å². The van der Waals surface area contributed by atoms with Gasteiger partial charge in [0.2, 0.25) is 0 Å². The van der Waals surface area contributed by atoms with Crippen molar-refractivity contribution < 1.29 is 9.90 Å². The number of ketones is 1. The second-order valence-corrected chi connectivity index (χ2v) is 4.77. The van der Waals surface area contributed by atoms with Gasteiger partial charge in [-0.25, -0.2) is 0 Å². The molecule has 1 aliphatic heterocycles. The molecule has 3 heteroatoms. The summed E-state index contributed by atoms with van der Waals surface area (Å²) in [6.45, 7) is 4.96. The molecule has 1 aromatic rings. The summed E-state index contributed by atoms with van der Waals surface area (Å²) < 4.78 is 0. The first-order valence-corrected chi connectivity index (χ1v) is 6.12. The molecule has 1 fully saturated rings. The maximum Gasteiger partial charge on any atom is 0.159 e. The summed E-state index contributed by atoms with van der Waals surface area (Å²) >= 11 is 0. The largest absolute Gasteiger partial charge is 0.396 e. The molecule has 2 atom stereocenters. The van der Waals surface area contributed by atoms with Crippen LogP contribution in [0.5, 0.6) is 0 Å². The standard InChI is InChI=1S/C14H19NO2/c1-10-13(9-16)7-8-15(10)14-5-3-12(4-6-14)11(2)17/h3-6,10,13,16H,7-9H2,1-2H3. The lowest BCUT2D eigenvalue weighted by molar-refractivity contribution is 0.101. The SMILES string of the molecule is CC(=O)c1ccc(N2CCC(CO)C2C)cc1. The van der Waals surface area contributed by atoms with E-state index in [9.17, 15) is 9.90 Å². The average molecular weight is 233 g/mol. The third-order valence-corrected chi connectivity index (χ3v) is 3.75.